The molecule has 0 bridgehead atoms. The summed E-state index contributed by atoms with van der Waals surface area (Å²) in [5.41, 5.74) is 7.34. The molecule has 0 aliphatic rings. The minimum Gasteiger partial charge on any atom is -0.366 e. The predicted octanol–water partition coefficient (Wildman–Crippen LogP) is 2.35. The van der Waals surface area contributed by atoms with Crippen molar-refractivity contribution in [3.8, 4) is 0 Å². The third-order valence-corrected chi connectivity index (χ3v) is 2.34. The molecule has 3 nitrogen and oxygen atoms in total. The molecule has 17 heavy (non-hydrogen) atoms. The Hall–Kier alpha value is -2.42. The molecule has 1 aromatic carbocycles. The molecule has 84 valence electrons. The van der Waals surface area contributed by atoms with Gasteiger partial charge in [0.05, 0.1) is 11.3 Å². The number of aromatic nitrogens is 1. The second-order valence-electron chi connectivity index (χ2n) is 3.54. The largest absolute Gasteiger partial charge is 0.366 e. The highest BCUT2D eigenvalue weighted by molar-refractivity contribution is 5.96. The van der Waals surface area contributed by atoms with E-state index < -0.39 is 5.91 Å². The predicted molar refractivity (Wildman–Crippen MR) is 68.1 cm³/mol. The van der Waals surface area contributed by atoms with E-state index in [9.17, 15) is 4.79 Å². The molecule has 0 aliphatic carbocycles. The third kappa shape index (κ3) is 2.78. The minimum atomic E-state index is -0.467. The van der Waals surface area contributed by atoms with Crippen LogP contribution in [0.15, 0.2) is 48.7 Å². The summed E-state index contributed by atoms with van der Waals surface area (Å²) in [6, 6.07) is 13.2. The molecular formula is C14H12N2O. The molecule has 2 aromatic rings. The van der Waals surface area contributed by atoms with Crippen molar-refractivity contribution in [1.29, 1.82) is 0 Å². The first-order valence-electron chi connectivity index (χ1n) is 5.25. The van der Waals surface area contributed by atoms with Crippen molar-refractivity contribution in [2.75, 3.05) is 0 Å². The van der Waals surface area contributed by atoms with Gasteiger partial charge in [0, 0.05) is 6.20 Å². The Balaban J connectivity index is 2.30. The van der Waals surface area contributed by atoms with Crippen molar-refractivity contribution >= 4 is 18.1 Å². The van der Waals surface area contributed by atoms with Gasteiger partial charge in [0.15, 0.2) is 0 Å². The first kappa shape index (κ1) is 11.1. The Morgan fingerprint density at radius 3 is 2.53 bits per heavy atom. The fraction of sp³-hybridized carbons (Fsp3) is 0. The van der Waals surface area contributed by atoms with E-state index in [1.807, 2.05) is 36.4 Å². The maximum Gasteiger partial charge on any atom is 0.250 e. The second-order valence-corrected chi connectivity index (χ2v) is 3.54. The van der Waals surface area contributed by atoms with Crippen molar-refractivity contribution in [3.05, 3.63) is 65.5 Å². The number of hydrogen-bond donors (Lipinski definition) is 1. The van der Waals surface area contributed by atoms with E-state index in [2.05, 4.69) is 4.98 Å². The molecule has 3 heteroatoms. The average molecular weight is 224 g/mol. The van der Waals surface area contributed by atoms with Crippen LogP contribution < -0.4 is 5.73 Å². The van der Waals surface area contributed by atoms with Crippen LogP contribution in [0.5, 0.6) is 0 Å². The number of carbonyl (C=O) groups excluding carboxylic acids is 1. The molecule has 0 atom stereocenters. The first-order valence-corrected chi connectivity index (χ1v) is 5.25. The third-order valence-electron chi connectivity index (χ3n) is 2.34. The lowest BCUT2D eigenvalue weighted by Crippen LogP contribution is -2.13. The lowest BCUT2D eigenvalue weighted by Gasteiger charge is -1.99. The van der Waals surface area contributed by atoms with Gasteiger partial charge in [-0.05, 0) is 23.8 Å². The van der Waals surface area contributed by atoms with E-state index in [1.54, 1.807) is 24.4 Å². The Kier molecular flexibility index (Phi) is 3.31. The fourth-order valence-corrected chi connectivity index (χ4v) is 1.50. The SMILES string of the molecule is NC(=O)c1cccnc1/C=C/c1ccccc1. The zero-order valence-corrected chi connectivity index (χ0v) is 9.21. The standard InChI is InChI=1S/C14H12N2O/c15-14(17)12-7-4-10-16-13(12)9-8-11-5-2-1-3-6-11/h1-10H,(H2,15,17)/b9-8+. The average Bonchev–Trinajstić information content (AvgIpc) is 2.38. The molecule has 0 saturated carbocycles. The zero-order valence-electron chi connectivity index (χ0n) is 9.21. The van der Waals surface area contributed by atoms with E-state index in [1.165, 1.54) is 0 Å². The molecule has 1 amide bonds. The van der Waals surface area contributed by atoms with Crippen LogP contribution in [0, 0.1) is 0 Å². The molecule has 1 aromatic heterocycles. The number of pyridine rings is 1. The smallest absolute Gasteiger partial charge is 0.250 e. The van der Waals surface area contributed by atoms with Gasteiger partial charge >= 0.3 is 0 Å². The Morgan fingerprint density at radius 2 is 1.82 bits per heavy atom. The number of rotatable bonds is 3. The van der Waals surface area contributed by atoms with Crippen molar-refractivity contribution in [2.24, 2.45) is 5.73 Å². The Bertz CT molecular complexity index is 547. The Morgan fingerprint density at radius 1 is 1.06 bits per heavy atom. The molecule has 2 N–H and O–H groups in total. The summed E-state index contributed by atoms with van der Waals surface area (Å²) in [5.74, 6) is -0.467. The van der Waals surface area contributed by atoms with Gasteiger partial charge in [-0.3, -0.25) is 9.78 Å². The van der Waals surface area contributed by atoms with Gasteiger partial charge in [0.2, 0.25) is 0 Å². The summed E-state index contributed by atoms with van der Waals surface area (Å²) in [7, 11) is 0. The van der Waals surface area contributed by atoms with Gasteiger partial charge in [0.25, 0.3) is 5.91 Å². The number of nitrogens with two attached hydrogens (primary N) is 1. The molecular weight excluding hydrogens is 212 g/mol. The molecule has 0 radical (unpaired) electrons. The van der Waals surface area contributed by atoms with E-state index in [-0.39, 0.29) is 0 Å². The summed E-state index contributed by atoms with van der Waals surface area (Å²) < 4.78 is 0. The molecule has 0 unspecified atom stereocenters. The first-order chi connectivity index (χ1) is 8.27. The van der Waals surface area contributed by atoms with E-state index >= 15 is 0 Å². The van der Waals surface area contributed by atoms with E-state index in [4.69, 9.17) is 5.73 Å². The van der Waals surface area contributed by atoms with Gasteiger partial charge in [-0.1, -0.05) is 36.4 Å². The maximum atomic E-state index is 11.2. The quantitative estimate of drug-likeness (QED) is 0.870. The van der Waals surface area contributed by atoms with Crippen LogP contribution in [0.4, 0.5) is 0 Å². The molecule has 0 spiro atoms. The summed E-state index contributed by atoms with van der Waals surface area (Å²) in [6.45, 7) is 0. The highest BCUT2D eigenvalue weighted by Gasteiger charge is 2.04. The summed E-state index contributed by atoms with van der Waals surface area (Å²) >= 11 is 0. The second kappa shape index (κ2) is 5.07. The summed E-state index contributed by atoms with van der Waals surface area (Å²) in [4.78, 5) is 15.3. The molecule has 0 fully saturated rings. The fourth-order valence-electron chi connectivity index (χ4n) is 1.50. The highest BCUT2D eigenvalue weighted by atomic mass is 16.1. The lowest BCUT2D eigenvalue weighted by atomic mass is 10.1. The van der Waals surface area contributed by atoms with Crippen LogP contribution >= 0.6 is 0 Å². The van der Waals surface area contributed by atoms with Crippen molar-refractivity contribution in [2.45, 2.75) is 0 Å². The zero-order chi connectivity index (χ0) is 12.1. The lowest BCUT2D eigenvalue weighted by molar-refractivity contribution is 0.1000. The topological polar surface area (TPSA) is 56.0 Å². The summed E-state index contributed by atoms with van der Waals surface area (Å²) in [6.07, 6.45) is 5.32. The van der Waals surface area contributed by atoms with Gasteiger partial charge < -0.3 is 5.73 Å². The van der Waals surface area contributed by atoms with Crippen molar-refractivity contribution in [1.82, 2.24) is 4.98 Å². The number of nitrogens with zero attached hydrogens (tertiary/aromatic N) is 1. The van der Waals surface area contributed by atoms with Gasteiger partial charge in [-0.25, -0.2) is 0 Å². The summed E-state index contributed by atoms with van der Waals surface area (Å²) in [5, 5.41) is 0. The molecule has 2 rings (SSSR count). The van der Waals surface area contributed by atoms with Crippen LogP contribution in [0.1, 0.15) is 21.6 Å². The van der Waals surface area contributed by atoms with Gasteiger partial charge in [0.1, 0.15) is 0 Å². The van der Waals surface area contributed by atoms with Crippen LogP contribution in [-0.4, -0.2) is 10.9 Å². The monoisotopic (exact) mass is 224 g/mol. The molecule has 1 heterocycles. The number of amides is 1. The van der Waals surface area contributed by atoms with Gasteiger partial charge in [-0.15, -0.1) is 0 Å². The van der Waals surface area contributed by atoms with Crippen LogP contribution in [-0.2, 0) is 0 Å². The van der Waals surface area contributed by atoms with Gasteiger partial charge in [-0.2, -0.15) is 0 Å². The maximum absolute atomic E-state index is 11.2. The van der Waals surface area contributed by atoms with Crippen LogP contribution in [0.3, 0.4) is 0 Å². The minimum absolute atomic E-state index is 0.430. The van der Waals surface area contributed by atoms with E-state index in [0.717, 1.165) is 5.56 Å². The number of benzene rings is 1. The van der Waals surface area contributed by atoms with Crippen molar-refractivity contribution in [3.63, 3.8) is 0 Å². The molecule has 0 aliphatic heterocycles. The van der Waals surface area contributed by atoms with E-state index in [0.29, 0.717) is 11.3 Å². The Labute approximate surface area is 99.6 Å². The van der Waals surface area contributed by atoms with Crippen LogP contribution in [0.2, 0.25) is 0 Å². The highest BCUT2D eigenvalue weighted by Crippen LogP contribution is 2.10. The van der Waals surface area contributed by atoms with Crippen molar-refractivity contribution < 1.29 is 4.79 Å². The molecule has 0 saturated heterocycles. The number of carbonyl (C=O) groups is 1. The number of primary amides is 1. The normalized spacial score (nSPS) is 10.6. The van der Waals surface area contributed by atoms with Crippen LogP contribution in [0.25, 0.3) is 12.2 Å². The number of hydrogen-bond acceptors (Lipinski definition) is 2.